The molecule has 0 heterocycles. The molecule has 0 saturated carbocycles. The number of anilines is 1. The van der Waals surface area contributed by atoms with E-state index in [1.54, 1.807) is 6.07 Å². The summed E-state index contributed by atoms with van der Waals surface area (Å²) in [6, 6.07) is 10.9. The van der Waals surface area contributed by atoms with E-state index in [0.29, 0.717) is 18.0 Å². The Labute approximate surface area is 123 Å². The van der Waals surface area contributed by atoms with Crippen LogP contribution in [0.1, 0.15) is 33.5 Å². The fourth-order valence-corrected chi connectivity index (χ4v) is 2.67. The number of benzene rings is 2. The van der Waals surface area contributed by atoms with Crippen molar-refractivity contribution in [2.75, 3.05) is 5.73 Å². The first-order valence-corrected chi connectivity index (χ1v) is 7.00. The number of ether oxygens (including phenoxy) is 1. The molecule has 21 heavy (non-hydrogen) atoms. The smallest absolute Gasteiger partial charge is 0.335 e. The van der Waals surface area contributed by atoms with E-state index >= 15 is 0 Å². The minimum absolute atomic E-state index is 0.174. The summed E-state index contributed by atoms with van der Waals surface area (Å²) in [6.45, 7) is 0.389. The molecule has 0 spiro atoms. The summed E-state index contributed by atoms with van der Waals surface area (Å²) in [5, 5.41) is 8.99. The molecule has 0 fully saturated rings. The molecule has 0 saturated heterocycles. The normalized spacial score (nSPS) is 13.0. The summed E-state index contributed by atoms with van der Waals surface area (Å²) in [7, 11) is 0. The Hall–Kier alpha value is -2.49. The Morgan fingerprint density at radius 1 is 1.14 bits per heavy atom. The number of hydrogen-bond acceptors (Lipinski definition) is 3. The second-order valence-electron chi connectivity index (χ2n) is 5.30. The number of aromatic carboxylic acids is 1. The molecule has 0 bridgehead atoms. The van der Waals surface area contributed by atoms with E-state index in [0.717, 1.165) is 18.4 Å². The van der Waals surface area contributed by atoms with E-state index in [4.69, 9.17) is 15.6 Å². The summed E-state index contributed by atoms with van der Waals surface area (Å²) in [5.74, 6) is -0.576. The molecule has 4 heteroatoms. The van der Waals surface area contributed by atoms with Crippen molar-refractivity contribution in [1.82, 2.24) is 0 Å². The Bertz CT molecular complexity index is 694. The topological polar surface area (TPSA) is 72.6 Å². The Morgan fingerprint density at radius 2 is 1.95 bits per heavy atom. The van der Waals surface area contributed by atoms with Gasteiger partial charge in [-0.05, 0) is 54.2 Å². The zero-order valence-corrected chi connectivity index (χ0v) is 11.6. The molecule has 1 aliphatic rings. The summed E-state index contributed by atoms with van der Waals surface area (Å²) in [4.78, 5) is 11.0. The van der Waals surface area contributed by atoms with Crippen LogP contribution in [-0.2, 0) is 19.4 Å². The van der Waals surface area contributed by atoms with Gasteiger partial charge in [0.1, 0.15) is 12.4 Å². The zero-order valence-electron chi connectivity index (χ0n) is 11.6. The summed E-state index contributed by atoms with van der Waals surface area (Å²) in [6.07, 6.45) is 3.50. The second-order valence-corrected chi connectivity index (χ2v) is 5.30. The highest BCUT2D eigenvalue weighted by molar-refractivity contribution is 5.89. The maximum absolute atomic E-state index is 11.0. The molecule has 108 valence electrons. The first-order valence-electron chi connectivity index (χ1n) is 7.00. The largest absolute Gasteiger partial charge is 0.487 e. The van der Waals surface area contributed by atoms with E-state index in [9.17, 15) is 4.79 Å². The molecule has 0 aromatic heterocycles. The molecule has 4 nitrogen and oxygen atoms in total. The molecule has 3 rings (SSSR count). The lowest BCUT2D eigenvalue weighted by Crippen LogP contribution is -2.02. The van der Waals surface area contributed by atoms with Gasteiger partial charge >= 0.3 is 5.97 Å². The lowest BCUT2D eigenvalue weighted by atomic mass is 10.1. The Balaban J connectivity index is 1.75. The van der Waals surface area contributed by atoms with Crippen molar-refractivity contribution in [2.45, 2.75) is 25.9 Å². The SMILES string of the molecule is Nc1ccc(C(=O)O)cc1OCc1ccc2c(c1)CCC2. The Morgan fingerprint density at radius 3 is 2.76 bits per heavy atom. The maximum Gasteiger partial charge on any atom is 0.335 e. The number of rotatable bonds is 4. The van der Waals surface area contributed by atoms with Crippen molar-refractivity contribution in [3.8, 4) is 5.75 Å². The number of nitrogens with two attached hydrogens (primary N) is 1. The van der Waals surface area contributed by atoms with Crippen LogP contribution < -0.4 is 10.5 Å². The first kappa shape index (κ1) is 13.5. The molecule has 2 aromatic rings. The van der Waals surface area contributed by atoms with Crippen LogP contribution in [0.5, 0.6) is 5.75 Å². The predicted molar refractivity (Wildman–Crippen MR) is 80.6 cm³/mol. The third-order valence-corrected chi connectivity index (χ3v) is 3.82. The van der Waals surface area contributed by atoms with Gasteiger partial charge in [0.25, 0.3) is 0 Å². The number of hydrogen-bond donors (Lipinski definition) is 2. The minimum atomic E-state index is -0.989. The van der Waals surface area contributed by atoms with Crippen LogP contribution in [0.25, 0.3) is 0 Å². The number of aryl methyl sites for hydroxylation is 2. The van der Waals surface area contributed by atoms with Crippen LogP contribution in [0.2, 0.25) is 0 Å². The third-order valence-electron chi connectivity index (χ3n) is 3.82. The van der Waals surface area contributed by atoms with Crippen molar-refractivity contribution >= 4 is 11.7 Å². The van der Waals surface area contributed by atoms with Crippen molar-refractivity contribution in [1.29, 1.82) is 0 Å². The molecule has 2 aromatic carbocycles. The number of nitrogen functional groups attached to an aromatic ring is 1. The number of carboxylic acids is 1. The van der Waals surface area contributed by atoms with Crippen LogP contribution in [0.4, 0.5) is 5.69 Å². The van der Waals surface area contributed by atoms with Gasteiger partial charge in [0, 0.05) is 0 Å². The molecule has 0 atom stereocenters. The average molecular weight is 283 g/mol. The highest BCUT2D eigenvalue weighted by atomic mass is 16.5. The van der Waals surface area contributed by atoms with Gasteiger partial charge in [-0.15, -0.1) is 0 Å². The fourth-order valence-electron chi connectivity index (χ4n) is 2.67. The van der Waals surface area contributed by atoms with Crippen molar-refractivity contribution < 1.29 is 14.6 Å². The van der Waals surface area contributed by atoms with Gasteiger partial charge in [0.2, 0.25) is 0 Å². The summed E-state index contributed by atoms with van der Waals surface area (Å²) < 4.78 is 5.69. The van der Waals surface area contributed by atoms with Crippen molar-refractivity contribution in [3.63, 3.8) is 0 Å². The van der Waals surface area contributed by atoms with Gasteiger partial charge in [-0.25, -0.2) is 4.79 Å². The number of fused-ring (bicyclic) bond motifs is 1. The van der Waals surface area contributed by atoms with Crippen molar-refractivity contribution in [3.05, 3.63) is 58.7 Å². The molecular weight excluding hydrogens is 266 g/mol. The van der Waals surface area contributed by atoms with Crippen molar-refractivity contribution in [2.24, 2.45) is 0 Å². The summed E-state index contributed by atoms with van der Waals surface area (Å²) >= 11 is 0. The fraction of sp³-hybridized carbons (Fsp3) is 0.235. The van der Waals surface area contributed by atoms with E-state index in [2.05, 4.69) is 18.2 Å². The van der Waals surface area contributed by atoms with Gasteiger partial charge in [-0.3, -0.25) is 0 Å². The third kappa shape index (κ3) is 2.84. The first-order chi connectivity index (χ1) is 10.1. The van der Waals surface area contributed by atoms with E-state index in [-0.39, 0.29) is 5.56 Å². The van der Waals surface area contributed by atoms with Crippen LogP contribution in [-0.4, -0.2) is 11.1 Å². The summed E-state index contributed by atoms with van der Waals surface area (Å²) in [5.41, 5.74) is 10.3. The number of carbonyl (C=O) groups is 1. The lowest BCUT2D eigenvalue weighted by Gasteiger charge is -2.11. The number of carboxylic acid groups (broad SMARTS) is 1. The van der Waals surface area contributed by atoms with Gasteiger partial charge in [0.05, 0.1) is 11.3 Å². The minimum Gasteiger partial charge on any atom is -0.487 e. The molecule has 3 N–H and O–H groups in total. The van der Waals surface area contributed by atoms with E-state index in [1.807, 2.05) is 0 Å². The standard InChI is InChI=1S/C17H17NO3/c18-15-7-6-14(17(19)20)9-16(15)21-10-11-4-5-12-2-1-3-13(12)8-11/h4-9H,1-3,10,18H2,(H,19,20). The van der Waals surface area contributed by atoms with Crippen LogP contribution >= 0.6 is 0 Å². The van der Waals surface area contributed by atoms with Gasteiger partial charge < -0.3 is 15.6 Å². The lowest BCUT2D eigenvalue weighted by molar-refractivity contribution is 0.0696. The Kier molecular flexibility index (Phi) is 3.52. The molecule has 1 aliphatic carbocycles. The molecular formula is C17H17NO3. The van der Waals surface area contributed by atoms with E-state index in [1.165, 1.54) is 29.7 Å². The predicted octanol–water partition coefficient (Wildman–Crippen LogP) is 3.03. The highest BCUT2D eigenvalue weighted by Crippen LogP contribution is 2.26. The molecule has 0 amide bonds. The second kappa shape index (κ2) is 5.48. The quantitative estimate of drug-likeness (QED) is 0.846. The monoisotopic (exact) mass is 283 g/mol. The van der Waals surface area contributed by atoms with Gasteiger partial charge in [0.15, 0.2) is 0 Å². The van der Waals surface area contributed by atoms with E-state index < -0.39 is 5.97 Å². The maximum atomic E-state index is 11.0. The van der Waals surface area contributed by atoms with Gasteiger partial charge in [-0.1, -0.05) is 18.2 Å². The zero-order chi connectivity index (χ0) is 14.8. The average Bonchev–Trinajstić information content (AvgIpc) is 2.93. The van der Waals surface area contributed by atoms with Gasteiger partial charge in [-0.2, -0.15) is 0 Å². The van der Waals surface area contributed by atoms with Crippen LogP contribution in [0.15, 0.2) is 36.4 Å². The van der Waals surface area contributed by atoms with Crippen LogP contribution in [0.3, 0.4) is 0 Å². The molecule has 0 aliphatic heterocycles. The van der Waals surface area contributed by atoms with Crippen LogP contribution in [0, 0.1) is 0 Å². The molecule has 0 unspecified atom stereocenters. The highest BCUT2D eigenvalue weighted by Gasteiger charge is 2.12. The molecule has 0 radical (unpaired) electrons.